The molecule has 2 aliphatic rings. The predicted molar refractivity (Wildman–Crippen MR) is 167 cm³/mol. The molecule has 16 heteroatoms. The highest BCUT2D eigenvalue weighted by atomic mass is 16.7. The molecule has 0 spiro atoms. The Hall–Kier alpha value is -4.83. The number of fused-ring (bicyclic) bond motifs is 1. The largest absolute Gasteiger partial charge is 0.458 e. The number of rotatable bonds is 12. The zero-order chi connectivity index (χ0) is 34.4. The molecule has 16 nitrogen and oxygen atoms in total. The van der Waals surface area contributed by atoms with Crippen molar-refractivity contribution in [1.82, 2.24) is 24.8 Å². The Morgan fingerprint density at radius 2 is 1.73 bits per heavy atom. The number of aromatic nitrogens is 4. The van der Waals surface area contributed by atoms with Crippen molar-refractivity contribution in [3.63, 3.8) is 0 Å². The molecule has 2 saturated heterocycles. The maximum Gasteiger partial charge on any atom is 0.408 e. The number of carbonyl (C=O) groups excluding carboxylic acids is 4. The van der Waals surface area contributed by atoms with E-state index in [4.69, 9.17) is 28.4 Å². The lowest BCUT2D eigenvalue weighted by Crippen LogP contribution is -2.49. The number of benzene rings is 1. The van der Waals surface area contributed by atoms with Crippen molar-refractivity contribution >= 4 is 41.0 Å². The van der Waals surface area contributed by atoms with E-state index >= 15 is 0 Å². The highest BCUT2D eigenvalue weighted by molar-refractivity contribution is 5.83. The minimum atomic E-state index is -1.19. The van der Waals surface area contributed by atoms with Gasteiger partial charge in [-0.2, -0.15) is 0 Å². The fraction of sp³-hybridized carbons (Fsp3) is 0.531. The van der Waals surface area contributed by atoms with Crippen molar-refractivity contribution in [1.29, 1.82) is 0 Å². The average molecular weight is 669 g/mol. The standard InChI is InChI=1S/C32H40N6O10/c1-17(2)23(37-32(42)44-13-21-9-7-6-8-10-21)31(41)45-18(3)25-26(46-19(4)39)27(47-20(5)40)30(48-25)38-16-35-24-28(33-15-34-29(24)38)36-22-11-12-43-14-22/h6-10,15-18,22-23,25-27,30H,11-14H2,1-5H3,(H,37,42)(H,33,34,36)/t18?,22-,23+,25+,26-,27-,30-/m1/s1. The van der Waals surface area contributed by atoms with E-state index in [-0.39, 0.29) is 18.6 Å². The lowest BCUT2D eigenvalue weighted by atomic mass is 10.0. The van der Waals surface area contributed by atoms with E-state index in [9.17, 15) is 19.2 Å². The Bertz CT molecular complexity index is 1590. The van der Waals surface area contributed by atoms with Gasteiger partial charge in [0, 0.05) is 20.5 Å². The van der Waals surface area contributed by atoms with E-state index in [0.717, 1.165) is 12.0 Å². The van der Waals surface area contributed by atoms with Gasteiger partial charge in [0.05, 0.1) is 19.0 Å². The normalized spacial score (nSPS) is 23.3. The third-order valence-corrected chi connectivity index (χ3v) is 7.90. The zero-order valence-electron chi connectivity index (χ0n) is 27.4. The van der Waals surface area contributed by atoms with E-state index in [1.54, 1.807) is 25.3 Å². The van der Waals surface area contributed by atoms with Crippen molar-refractivity contribution in [3.05, 3.63) is 48.5 Å². The summed E-state index contributed by atoms with van der Waals surface area (Å²) in [4.78, 5) is 63.8. The maximum atomic E-state index is 13.4. The number of imidazole rings is 1. The molecule has 7 atom stereocenters. The van der Waals surface area contributed by atoms with E-state index in [1.165, 1.54) is 26.5 Å². The Kier molecular flexibility index (Phi) is 11.1. The molecule has 0 aliphatic carbocycles. The molecule has 48 heavy (non-hydrogen) atoms. The summed E-state index contributed by atoms with van der Waals surface area (Å²) in [5.74, 6) is -1.98. The first-order valence-corrected chi connectivity index (χ1v) is 15.7. The third-order valence-electron chi connectivity index (χ3n) is 7.90. The van der Waals surface area contributed by atoms with Crippen LogP contribution in [0.1, 0.15) is 52.8 Å². The lowest BCUT2D eigenvalue weighted by Gasteiger charge is -2.28. The van der Waals surface area contributed by atoms with Crippen molar-refractivity contribution < 1.29 is 47.6 Å². The number of hydrogen-bond acceptors (Lipinski definition) is 14. The van der Waals surface area contributed by atoms with Crippen molar-refractivity contribution in [2.45, 2.75) is 90.4 Å². The minimum Gasteiger partial charge on any atom is -0.458 e. The molecule has 1 amide bonds. The van der Waals surface area contributed by atoms with Gasteiger partial charge in [0.1, 0.15) is 31.2 Å². The maximum absolute atomic E-state index is 13.4. The number of carbonyl (C=O) groups is 4. The van der Waals surface area contributed by atoms with Crippen LogP contribution in [0, 0.1) is 5.92 Å². The molecular formula is C32H40N6O10. The highest BCUT2D eigenvalue weighted by Gasteiger charge is 2.53. The van der Waals surface area contributed by atoms with Crippen LogP contribution in [0.15, 0.2) is 43.0 Å². The van der Waals surface area contributed by atoms with Crippen LogP contribution >= 0.6 is 0 Å². The van der Waals surface area contributed by atoms with Crippen LogP contribution in [0.2, 0.25) is 0 Å². The summed E-state index contributed by atoms with van der Waals surface area (Å²) in [6.07, 6.45) is -2.75. The first-order chi connectivity index (χ1) is 23.0. The van der Waals surface area contributed by atoms with Gasteiger partial charge in [-0.15, -0.1) is 0 Å². The number of nitrogens with zero attached hydrogens (tertiary/aromatic N) is 4. The van der Waals surface area contributed by atoms with Crippen LogP contribution in [-0.2, 0) is 49.4 Å². The second kappa shape index (κ2) is 15.4. The number of amides is 1. The Balaban J connectivity index is 1.35. The first kappa shape index (κ1) is 34.5. The summed E-state index contributed by atoms with van der Waals surface area (Å²) in [6.45, 7) is 8.63. The van der Waals surface area contributed by atoms with Gasteiger partial charge in [0.15, 0.2) is 35.4 Å². The summed E-state index contributed by atoms with van der Waals surface area (Å²) >= 11 is 0. The van der Waals surface area contributed by atoms with Crippen molar-refractivity contribution in [3.8, 4) is 0 Å². The van der Waals surface area contributed by atoms with Gasteiger partial charge in [-0.05, 0) is 24.8 Å². The number of hydrogen-bond donors (Lipinski definition) is 2. The van der Waals surface area contributed by atoms with E-state index < -0.39 is 60.7 Å². The number of anilines is 1. The van der Waals surface area contributed by atoms with Crippen LogP contribution in [0.3, 0.4) is 0 Å². The molecule has 0 saturated carbocycles. The number of esters is 3. The smallest absolute Gasteiger partial charge is 0.408 e. The predicted octanol–water partition coefficient (Wildman–Crippen LogP) is 2.67. The summed E-state index contributed by atoms with van der Waals surface area (Å²) in [5, 5.41) is 5.89. The van der Waals surface area contributed by atoms with Crippen LogP contribution in [0.5, 0.6) is 0 Å². The SMILES string of the molecule is CC(=O)O[C@@H]1[C@H](OC(C)=O)[C@H](C(C)OC(=O)[C@@H](NC(=O)OCc2ccccc2)C(C)C)O[C@H]1n1cnc2c(N[C@@H]3CCOC3)ncnc21. The molecule has 0 bridgehead atoms. The first-order valence-electron chi connectivity index (χ1n) is 15.7. The molecule has 3 aromatic rings. The summed E-state index contributed by atoms with van der Waals surface area (Å²) < 4.78 is 35.7. The molecule has 1 unspecified atom stereocenters. The van der Waals surface area contributed by atoms with Gasteiger partial charge < -0.3 is 39.1 Å². The van der Waals surface area contributed by atoms with Gasteiger partial charge in [-0.25, -0.2) is 24.5 Å². The number of nitrogens with one attached hydrogen (secondary N) is 2. The summed E-state index contributed by atoms with van der Waals surface area (Å²) in [7, 11) is 0. The Morgan fingerprint density at radius 3 is 2.40 bits per heavy atom. The molecule has 258 valence electrons. The van der Waals surface area contributed by atoms with Gasteiger partial charge in [0.25, 0.3) is 0 Å². The lowest BCUT2D eigenvalue weighted by molar-refractivity contribution is -0.171. The van der Waals surface area contributed by atoms with Gasteiger partial charge in [0.2, 0.25) is 0 Å². The van der Waals surface area contributed by atoms with E-state index in [0.29, 0.717) is 30.2 Å². The van der Waals surface area contributed by atoms with Crippen LogP contribution in [0.25, 0.3) is 11.2 Å². The number of alkyl carbamates (subject to hydrolysis) is 1. The molecular weight excluding hydrogens is 628 g/mol. The average Bonchev–Trinajstić information content (AvgIpc) is 3.79. The zero-order valence-corrected chi connectivity index (χ0v) is 27.4. The quantitative estimate of drug-likeness (QED) is 0.211. The van der Waals surface area contributed by atoms with Crippen LogP contribution in [0.4, 0.5) is 10.6 Å². The summed E-state index contributed by atoms with van der Waals surface area (Å²) in [5.41, 5.74) is 1.58. The number of ether oxygens (including phenoxy) is 6. The fourth-order valence-corrected chi connectivity index (χ4v) is 5.61. The molecule has 2 aromatic heterocycles. The highest BCUT2D eigenvalue weighted by Crippen LogP contribution is 2.38. The van der Waals surface area contributed by atoms with Crippen molar-refractivity contribution in [2.24, 2.45) is 5.92 Å². The molecule has 0 radical (unpaired) electrons. The molecule has 4 heterocycles. The molecule has 2 fully saturated rings. The molecule has 2 N–H and O–H groups in total. The fourth-order valence-electron chi connectivity index (χ4n) is 5.61. The van der Waals surface area contributed by atoms with Gasteiger partial charge >= 0.3 is 24.0 Å². The topological polar surface area (TPSA) is 191 Å². The van der Waals surface area contributed by atoms with E-state index in [1.807, 2.05) is 30.3 Å². The second-order valence-corrected chi connectivity index (χ2v) is 12.0. The Morgan fingerprint density at radius 1 is 1.00 bits per heavy atom. The van der Waals surface area contributed by atoms with Crippen molar-refractivity contribution in [2.75, 3.05) is 18.5 Å². The van der Waals surface area contributed by atoms with Crippen LogP contribution in [-0.4, -0.2) is 93.2 Å². The molecule has 2 aliphatic heterocycles. The molecule has 5 rings (SSSR count). The minimum absolute atomic E-state index is 0.0161. The summed E-state index contributed by atoms with van der Waals surface area (Å²) in [6, 6.07) is 8.08. The van der Waals surface area contributed by atoms with Crippen LogP contribution < -0.4 is 10.6 Å². The molecule has 1 aromatic carbocycles. The van der Waals surface area contributed by atoms with E-state index in [2.05, 4.69) is 25.6 Å². The Labute approximate surface area is 276 Å². The monoisotopic (exact) mass is 668 g/mol. The third kappa shape index (κ3) is 8.17. The second-order valence-electron chi connectivity index (χ2n) is 12.0. The van der Waals surface area contributed by atoms with Gasteiger partial charge in [-0.3, -0.25) is 14.2 Å². The van der Waals surface area contributed by atoms with Gasteiger partial charge in [-0.1, -0.05) is 44.2 Å².